The molecule has 0 aromatic heterocycles. The molecule has 0 amide bonds. The van der Waals surface area contributed by atoms with E-state index in [0.29, 0.717) is 22.8 Å². The zero-order valence-electron chi connectivity index (χ0n) is 26.8. The first-order valence-electron chi connectivity index (χ1n) is 15.7. The number of rotatable bonds is 11. The van der Waals surface area contributed by atoms with Crippen LogP contribution in [0.25, 0.3) is 0 Å². The molecule has 0 spiro atoms. The molecule has 9 heteroatoms. The van der Waals surface area contributed by atoms with Crippen LogP contribution in [0.15, 0.2) is 91.0 Å². The van der Waals surface area contributed by atoms with Crippen LogP contribution in [0, 0.1) is 17.6 Å². The summed E-state index contributed by atoms with van der Waals surface area (Å²) >= 11 is 6.66. The summed E-state index contributed by atoms with van der Waals surface area (Å²) in [6, 6.07) is 27.7. The van der Waals surface area contributed by atoms with Crippen LogP contribution in [-0.4, -0.2) is 42.2 Å². The van der Waals surface area contributed by atoms with Crippen molar-refractivity contribution in [3.63, 3.8) is 0 Å². The SMILES string of the molecule is COc1ccc(Cc2cc([C@]34OC[C@](C(C)(C)O)(O3)[C@@H](C)[C@H](OCc3ccccc3)[C@H]4OCc3ccccc3)ccc2Cl)c(F)c1F. The molecule has 0 aliphatic carbocycles. The highest BCUT2D eigenvalue weighted by Crippen LogP contribution is 2.57. The first kappa shape index (κ1) is 33.5. The molecule has 4 aromatic rings. The second kappa shape index (κ2) is 13.3. The Bertz CT molecular complexity index is 1700. The molecule has 2 aliphatic rings. The molecule has 0 unspecified atom stereocenters. The molecule has 47 heavy (non-hydrogen) atoms. The molecule has 1 N–H and O–H groups in total. The molecule has 2 fully saturated rings. The first-order chi connectivity index (χ1) is 22.5. The van der Waals surface area contributed by atoms with E-state index in [0.717, 1.165) is 11.1 Å². The van der Waals surface area contributed by atoms with Crippen molar-refractivity contribution < 1.29 is 37.6 Å². The summed E-state index contributed by atoms with van der Waals surface area (Å²) in [5.41, 5.74) is 0.598. The molecule has 248 valence electrons. The van der Waals surface area contributed by atoms with Crippen molar-refractivity contribution in [1.29, 1.82) is 0 Å². The summed E-state index contributed by atoms with van der Waals surface area (Å²) in [7, 11) is 1.28. The van der Waals surface area contributed by atoms with Crippen LogP contribution in [0.3, 0.4) is 0 Å². The molecule has 2 bridgehead atoms. The molecule has 2 saturated heterocycles. The van der Waals surface area contributed by atoms with E-state index >= 15 is 4.39 Å². The fourth-order valence-corrected chi connectivity index (χ4v) is 6.96. The number of ether oxygens (including phenoxy) is 5. The smallest absolute Gasteiger partial charge is 0.225 e. The van der Waals surface area contributed by atoms with Crippen LogP contribution in [0.5, 0.6) is 5.75 Å². The Morgan fingerprint density at radius 2 is 1.51 bits per heavy atom. The number of benzene rings is 4. The van der Waals surface area contributed by atoms with E-state index in [2.05, 4.69) is 0 Å². The maximum Gasteiger partial charge on any atom is 0.225 e. The van der Waals surface area contributed by atoms with Gasteiger partial charge in [0, 0.05) is 22.9 Å². The number of fused-ring (bicyclic) bond motifs is 2. The van der Waals surface area contributed by atoms with Gasteiger partial charge in [-0.15, -0.1) is 0 Å². The zero-order valence-corrected chi connectivity index (χ0v) is 27.6. The van der Waals surface area contributed by atoms with Crippen molar-refractivity contribution in [2.45, 2.75) is 69.6 Å². The lowest BCUT2D eigenvalue weighted by Gasteiger charge is -2.54. The lowest BCUT2D eigenvalue weighted by molar-refractivity contribution is -0.352. The second-order valence-corrected chi connectivity index (χ2v) is 13.2. The van der Waals surface area contributed by atoms with Gasteiger partial charge in [0.25, 0.3) is 0 Å². The summed E-state index contributed by atoms with van der Waals surface area (Å²) in [6.45, 7) is 5.99. The minimum absolute atomic E-state index is 0.00792. The van der Waals surface area contributed by atoms with E-state index in [1.807, 2.05) is 67.6 Å². The van der Waals surface area contributed by atoms with Crippen LogP contribution in [-0.2, 0) is 44.4 Å². The van der Waals surface area contributed by atoms with E-state index < -0.39 is 40.8 Å². The maximum absolute atomic E-state index is 15.1. The van der Waals surface area contributed by atoms with Crippen molar-refractivity contribution in [1.82, 2.24) is 0 Å². The number of aliphatic hydroxyl groups is 1. The van der Waals surface area contributed by atoms with Gasteiger partial charge in [0.2, 0.25) is 11.6 Å². The highest BCUT2D eigenvalue weighted by Gasteiger charge is 2.71. The number of hydrogen-bond acceptors (Lipinski definition) is 6. The minimum atomic E-state index is -1.54. The average Bonchev–Trinajstić information content (AvgIpc) is 3.46. The summed E-state index contributed by atoms with van der Waals surface area (Å²) in [4.78, 5) is 0. The van der Waals surface area contributed by atoms with Crippen LogP contribution < -0.4 is 4.74 Å². The monoisotopic (exact) mass is 664 g/mol. The Morgan fingerprint density at radius 3 is 2.13 bits per heavy atom. The third-order valence-corrected chi connectivity index (χ3v) is 9.87. The molecule has 2 heterocycles. The zero-order chi connectivity index (χ0) is 33.4. The van der Waals surface area contributed by atoms with Gasteiger partial charge in [-0.05, 0) is 54.3 Å². The Hall–Kier alpha value is -3.37. The lowest BCUT2D eigenvalue weighted by Crippen LogP contribution is -2.68. The molecule has 6 nitrogen and oxygen atoms in total. The highest BCUT2D eigenvalue weighted by atomic mass is 35.5. The molecule has 0 radical (unpaired) electrons. The number of methoxy groups -OCH3 is 1. The number of halogens is 3. The van der Waals surface area contributed by atoms with Gasteiger partial charge in [0.05, 0.1) is 38.6 Å². The molecule has 6 rings (SSSR count). The largest absolute Gasteiger partial charge is 0.494 e. The van der Waals surface area contributed by atoms with Gasteiger partial charge in [-0.25, -0.2) is 4.39 Å². The normalized spacial score (nSPS) is 25.6. The van der Waals surface area contributed by atoms with Crippen molar-refractivity contribution in [2.24, 2.45) is 5.92 Å². The fraction of sp³-hybridized carbons (Fsp3) is 0.368. The molecule has 2 aliphatic heterocycles. The van der Waals surface area contributed by atoms with E-state index in [4.69, 9.17) is 35.3 Å². The van der Waals surface area contributed by atoms with Crippen LogP contribution in [0.4, 0.5) is 8.78 Å². The van der Waals surface area contributed by atoms with Crippen LogP contribution >= 0.6 is 11.6 Å². The van der Waals surface area contributed by atoms with E-state index in [-0.39, 0.29) is 36.9 Å². The fourth-order valence-electron chi connectivity index (χ4n) is 6.78. The summed E-state index contributed by atoms with van der Waals surface area (Å²) in [6.07, 6.45) is -1.40. The summed E-state index contributed by atoms with van der Waals surface area (Å²) in [5.74, 6) is -4.17. The molecular formula is C38H39ClF2O6. The molecule has 5 atom stereocenters. The quantitative estimate of drug-likeness (QED) is 0.177. The highest BCUT2D eigenvalue weighted by molar-refractivity contribution is 6.31. The van der Waals surface area contributed by atoms with Gasteiger partial charge < -0.3 is 28.8 Å². The predicted octanol–water partition coefficient (Wildman–Crippen LogP) is 7.75. The Kier molecular flexibility index (Phi) is 9.46. The van der Waals surface area contributed by atoms with E-state index in [1.165, 1.54) is 19.2 Å². The maximum atomic E-state index is 15.1. The van der Waals surface area contributed by atoms with Crippen molar-refractivity contribution >= 4 is 11.6 Å². The topological polar surface area (TPSA) is 66.4 Å². The Morgan fingerprint density at radius 1 is 0.872 bits per heavy atom. The van der Waals surface area contributed by atoms with Gasteiger partial charge in [-0.2, -0.15) is 4.39 Å². The summed E-state index contributed by atoms with van der Waals surface area (Å²) < 4.78 is 61.7. The van der Waals surface area contributed by atoms with E-state index in [1.54, 1.807) is 32.0 Å². The average molecular weight is 665 g/mol. The third kappa shape index (κ3) is 6.19. The van der Waals surface area contributed by atoms with Crippen LogP contribution in [0.2, 0.25) is 5.02 Å². The lowest BCUT2D eigenvalue weighted by atomic mass is 9.70. The Balaban J connectivity index is 1.44. The minimum Gasteiger partial charge on any atom is -0.494 e. The van der Waals surface area contributed by atoms with Crippen molar-refractivity contribution in [3.8, 4) is 5.75 Å². The predicted molar refractivity (Wildman–Crippen MR) is 174 cm³/mol. The third-order valence-electron chi connectivity index (χ3n) is 9.51. The van der Waals surface area contributed by atoms with Gasteiger partial charge in [-0.3, -0.25) is 0 Å². The molecule has 0 saturated carbocycles. The van der Waals surface area contributed by atoms with Crippen molar-refractivity contribution in [3.05, 3.63) is 135 Å². The van der Waals surface area contributed by atoms with Gasteiger partial charge in [0.1, 0.15) is 11.7 Å². The summed E-state index contributed by atoms with van der Waals surface area (Å²) in [5, 5.41) is 12.0. The molecular weight excluding hydrogens is 626 g/mol. The first-order valence-corrected chi connectivity index (χ1v) is 16.0. The van der Waals surface area contributed by atoms with Crippen molar-refractivity contribution in [2.75, 3.05) is 13.7 Å². The van der Waals surface area contributed by atoms with Gasteiger partial charge >= 0.3 is 0 Å². The molecule has 4 aromatic carbocycles. The Labute approximate surface area is 279 Å². The van der Waals surface area contributed by atoms with Crippen LogP contribution in [0.1, 0.15) is 48.6 Å². The van der Waals surface area contributed by atoms with Gasteiger partial charge in [-0.1, -0.05) is 91.3 Å². The standard InChI is InChI=1S/C38H39ClF2O6/c1-24-34(44-21-25-11-7-5-8-12-25)35(45-22-26-13-9-6-10-14-26)38(46-23-37(24,47-38)36(2,3)42)29-16-17-30(39)28(20-29)19-27-15-18-31(43-4)33(41)32(27)40/h5-18,20,24,34-35,42H,19,21-23H2,1-4H3/t24-,34-,35+,37-,38-/m0/s1. The second-order valence-electron chi connectivity index (χ2n) is 12.8. The van der Waals surface area contributed by atoms with Gasteiger partial charge in [0.15, 0.2) is 11.6 Å². The van der Waals surface area contributed by atoms with E-state index in [9.17, 15) is 9.50 Å². The number of hydrogen-bond donors (Lipinski definition) is 1.